The Morgan fingerprint density at radius 2 is 1.42 bits per heavy atom. The van der Waals surface area contributed by atoms with Crippen LogP contribution >= 0.6 is 0 Å². The molecule has 2 aliphatic heterocycles. The third kappa shape index (κ3) is 4.55. The zero-order valence-electron chi connectivity index (χ0n) is 13.8. The van der Waals surface area contributed by atoms with E-state index >= 15 is 0 Å². The van der Waals surface area contributed by atoms with E-state index in [-0.39, 0.29) is 24.0 Å². The lowest BCUT2D eigenvalue weighted by Crippen LogP contribution is -2.33. The first-order valence-corrected chi connectivity index (χ1v) is 8.62. The molecule has 1 aromatic carbocycles. The fourth-order valence-electron chi connectivity index (χ4n) is 3.03. The van der Waals surface area contributed by atoms with Crippen LogP contribution in [0.15, 0.2) is 24.3 Å². The van der Waals surface area contributed by atoms with E-state index in [1.54, 1.807) is 24.3 Å². The second-order valence-corrected chi connectivity index (χ2v) is 6.27. The van der Waals surface area contributed by atoms with Crippen molar-refractivity contribution in [3.63, 3.8) is 0 Å². The number of hydrogen-bond donors (Lipinski definition) is 2. The highest BCUT2D eigenvalue weighted by atomic mass is 16.5. The Hall–Kier alpha value is -1.92. The van der Waals surface area contributed by atoms with Crippen molar-refractivity contribution in [3.05, 3.63) is 35.4 Å². The van der Waals surface area contributed by atoms with Gasteiger partial charge in [0.2, 0.25) is 0 Å². The number of carbonyl (C=O) groups excluding carboxylic acids is 2. The Morgan fingerprint density at radius 1 is 0.917 bits per heavy atom. The van der Waals surface area contributed by atoms with Crippen LogP contribution in [0.25, 0.3) is 0 Å². The van der Waals surface area contributed by atoms with E-state index in [0.29, 0.717) is 24.2 Å². The number of rotatable bonds is 6. The van der Waals surface area contributed by atoms with Crippen molar-refractivity contribution in [3.8, 4) is 0 Å². The number of nitrogens with one attached hydrogen (secondary N) is 2. The van der Waals surface area contributed by atoms with Gasteiger partial charge in [0.15, 0.2) is 0 Å². The Kier molecular flexibility index (Phi) is 5.82. The first-order valence-electron chi connectivity index (χ1n) is 8.62. The summed E-state index contributed by atoms with van der Waals surface area (Å²) in [7, 11) is 0. The molecule has 2 fully saturated rings. The minimum atomic E-state index is -0.181. The summed E-state index contributed by atoms with van der Waals surface area (Å²) in [5.74, 6) is -0.362. The van der Waals surface area contributed by atoms with Crippen molar-refractivity contribution >= 4 is 11.8 Å². The van der Waals surface area contributed by atoms with Crippen LogP contribution in [0.1, 0.15) is 46.4 Å². The maximum absolute atomic E-state index is 12.2. The molecule has 2 heterocycles. The molecule has 2 atom stereocenters. The lowest BCUT2D eigenvalue weighted by Gasteiger charge is -2.12. The van der Waals surface area contributed by atoms with Gasteiger partial charge in [-0.25, -0.2) is 0 Å². The molecule has 6 nitrogen and oxygen atoms in total. The van der Waals surface area contributed by atoms with E-state index in [1.165, 1.54) is 0 Å². The van der Waals surface area contributed by atoms with Crippen LogP contribution in [0.5, 0.6) is 0 Å². The molecule has 0 radical (unpaired) electrons. The third-order valence-corrected chi connectivity index (χ3v) is 4.42. The van der Waals surface area contributed by atoms with Gasteiger partial charge in [-0.2, -0.15) is 0 Å². The molecule has 1 aromatic rings. The summed E-state index contributed by atoms with van der Waals surface area (Å²) in [6.45, 7) is 2.55. The molecular weight excluding hydrogens is 308 g/mol. The van der Waals surface area contributed by atoms with Gasteiger partial charge in [0.1, 0.15) is 0 Å². The summed E-state index contributed by atoms with van der Waals surface area (Å²) in [6, 6.07) is 6.76. The van der Waals surface area contributed by atoms with Gasteiger partial charge in [-0.05, 0) is 43.9 Å². The molecule has 0 aromatic heterocycles. The molecule has 6 heteroatoms. The molecule has 0 saturated carbocycles. The summed E-state index contributed by atoms with van der Waals surface area (Å²) in [6.07, 6.45) is 4.25. The predicted octanol–water partition coefficient (Wildman–Crippen LogP) is 1.50. The van der Waals surface area contributed by atoms with Crippen molar-refractivity contribution in [2.24, 2.45) is 0 Å². The molecule has 130 valence electrons. The van der Waals surface area contributed by atoms with Crippen LogP contribution in [-0.2, 0) is 9.47 Å². The molecule has 0 spiro atoms. The lowest BCUT2D eigenvalue weighted by atomic mass is 10.1. The standard InChI is InChI=1S/C18H24N2O4/c21-17(19-11-15-6-2-8-23-15)13-4-1-5-14(10-13)18(22)20-12-16-7-3-9-24-16/h1,4-5,10,15-16H,2-3,6-9,11-12H2,(H,19,21)(H,20,22)/t15-,16+. The van der Waals surface area contributed by atoms with Gasteiger partial charge in [0, 0.05) is 37.4 Å². The minimum absolute atomic E-state index is 0.104. The van der Waals surface area contributed by atoms with Gasteiger partial charge in [0.25, 0.3) is 11.8 Å². The second kappa shape index (κ2) is 8.26. The minimum Gasteiger partial charge on any atom is -0.376 e. The topological polar surface area (TPSA) is 76.7 Å². The molecule has 2 amide bonds. The van der Waals surface area contributed by atoms with Crippen molar-refractivity contribution in [2.45, 2.75) is 37.9 Å². The van der Waals surface area contributed by atoms with Gasteiger partial charge in [-0.3, -0.25) is 9.59 Å². The van der Waals surface area contributed by atoms with Gasteiger partial charge in [-0.15, -0.1) is 0 Å². The zero-order valence-corrected chi connectivity index (χ0v) is 13.8. The van der Waals surface area contributed by atoms with Gasteiger partial charge in [0.05, 0.1) is 12.2 Å². The van der Waals surface area contributed by atoms with Crippen molar-refractivity contribution in [1.82, 2.24) is 10.6 Å². The molecule has 2 N–H and O–H groups in total. The molecule has 24 heavy (non-hydrogen) atoms. The highest BCUT2D eigenvalue weighted by Gasteiger charge is 2.18. The average molecular weight is 332 g/mol. The fourth-order valence-corrected chi connectivity index (χ4v) is 3.03. The number of amides is 2. The molecule has 0 unspecified atom stereocenters. The molecule has 3 rings (SSSR count). The quantitative estimate of drug-likeness (QED) is 0.828. The van der Waals surface area contributed by atoms with Crippen molar-refractivity contribution in [2.75, 3.05) is 26.3 Å². The molecular formula is C18H24N2O4. The van der Waals surface area contributed by atoms with Crippen LogP contribution < -0.4 is 10.6 Å². The van der Waals surface area contributed by atoms with E-state index in [9.17, 15) is 9.59 Å². The Balaban J connectivity index is 1.52. The monoisotopic (exact) mass is 332 g/mol. The van der Waals surface area contributed by atoms with Gasteiger partial charge >= 0.3 is 0 Å². The number of ether oxygens (including phenoxy) is 2. The Morgan fingerprint density at radius 3 is 1.83 bits per heavy atom. The SMILES string of the molecule is O=C(NC[C@H]1CCCO1)c1cccc(C(=O)NC[C@@H]2CCCO2)c1. The van der Waals surface area contributed by atoms with E-state index in [4.69, 9.17) is 9.47 Å². The number of hydrogen-bond acceptors (Lipinski definition) is 4. The molecule has 0 bridgehead atoms. The van der Waals surface area contributed by atoms with Crippen LogP contribution in [0.3, 0.4) is 0 Å². The average Bonchev–Trinajstić information content (AvgIpc) is 3.31. The highest BCUT2D eigenvalue weighted by Crippen LogP contribution is 2.12. The molecule has 2 saturated heterocycles. The van der Waals surface area contributed by atoms with Crippen LogP contribution in [0.2, 0.25) is 0 Å². The van der Waals surface area contributed by atoms with Crippen LogP contribution in [0, 0.1) is 0 Å². The Labute approximate surface area is 141 Å². The Bertz CT molecular complexity index is 531. The van der Waals surface area contributed by atoms with E-state index < -0.39 is 0 Å². The first-order chi connectivity index (χ1) is 11.7. The summed E-state index contributed by atoms with van der Waals surface area (Å²) >= 11 is 0. The number of carbonyl (C=O) groups is 2. The van der Waals surface area contributed by atoms with E-state index in [2.05, 4.69) is 10.6 Å². The zero-order chi connectivity index (χ0) is 16.8. The van der Waals surface area contributed by atoms with E-state index in [0.717, 1.165) is 38.9 Å². The van der Waals surface area contributed by atoms with Gasteiger partial charge < -0.3 is 20.1 Å². The summed E-state index contributed by atoms with van der Waals surface area (Å²) in [4.78, 5) is 24.4. The summed E-state index contributed by atoms with van der Waals surface area (Å²) < 4.78 is 11.0. The maximum Gasteiger partial charge on any atom is 0.251 e. The third-order valence-electron chi connectivity index (χ3n) is 4.42. The van der Waals surface area contributed by atoms with E-state index in [1.807, 2.05) is 0 Å². The van der Waals surface area contributed by atoms with Crippen LogP contribution in [0.4, 0.5) is 0 Å². The fraction of sp³-hybridized carbons (Fsp3) is 0.556. The predicted molar refractivity (Wildman–Crippen MR) is 89.1 cm³/mol. The normalized spacial score (nSPS) is 23.2. The summed E-state index contributed by atoms with van der Waals surface area (Å²) in [5, 5.41) is 5.74. The smallest absolute Gasteiger partial charge is 0.251 e. The molecule has 0 aliphatic carbocycles. The van der Waals surface area contributed by atoms with Crippen molar-refractivity contribution < 1.29 is 19.1 Å². The number of benzene rings is 1. The maximum atomic E-state index is 12.2. The summed E-state index contributed by atoms with van der Waals surface area (Å²) in [5.41, 5.74) is 0.968. The highest BCUT2D eigenvalue weighted by molar-refractivity contribution is 5.99. The van der Waals surface area contributed by atoms with Crippen LogP contribution in [-0.4, -0.2) is 50.3 Å². The first kappa shape index (κ1) is 16.9. The largest absolute Gasteiger partial charge is 0.376 e. The molecule has 2 aliphatic rings. The van der Waals surface area contributed by atoms with Gasteiger partial charge in [-0.1, -0.05) is 6.07 Å². The lowest BCUT2D eigenvalue weighted by molar-refractivity contribution is 0.0855. The van der Waals surface area contributed by atoms with Crippen molar-refractivity contribution in [1.29, 1.82) is 0 Å². The second-order valence-electron chi connectivity index (χ2n) is 6.27.